The maximum Gasteiger partial charge on any atom is 0.260 e. The van der Waals surface area contributed by atoms with E-state index in [1.807, 2.05) is 10.3 Å². The van der Waals surface area contributed by atoms with Crippen LogP contribution in [0.3, 0.4) is 0 Å². The van der Waals surface area contributed by atoms with Crippen molar-refractivity contribution in [2.75, 3.05) is 26.2 Å². The fourth-order valence-electron chi connectivity index (χ4n) is 3.80. The van der Waals surface area contributed by atoms with Crippen LogP contribution in [0.5, 0.6) is 0 Å². The van der Waals surface area contributed by atoms with Crippen LogP contribution in [0, 0.1) is 5.82 Å². The van der Waals surface area contributed by atoms with Crippen LogP contribution in [0.15, 0.2) is 62.1 Å². The Balaban J connectivity index is 1.30. The second-order valence-corrected chi connectivity index (χ2v) is 10.3. The van der Waals surface area contributed by atoms with Gasteiger partial charge in [-0.25, -0.2) is 17.8 Å². The zero-order valence-corrected chi connectivity index (χ0v) is 18.5. The highest BCUT2D eigenvalue weighted by molar-refractivity contribution is 7.89. The van der Waals surface area contributed by atoms with E-state index in [1.165, 1.54) is 33.8 Å². The minimum absolute atomic E-state index is 0.0487. The number of fused-ring (bicyclic) bond motifs is 1. The van der Waals surface area contributed by atoms with Crippen LogP contribution < -0.4 is 5.56 Å². The van der Waals surface area contributed by atoms with Crippen molar-refractivity contribution < 1.29 is 17.2 Å². The van der Waals surface area contributed by atoms with Gasteiger partial charge < -0.3 is 9.40 Å². The molecule has 1 aromatic carbocycles. The zero-order chi connectivity index (χ0) is 22.3. The lowest BCUT2D eigenvalue weighted by atomic mass is 10.2. The molecule has 1 saturated heterocycles. The van der Waals surface area contributed by atoms with Crippen molar-refractivity contribution in [2.24, 2.45) is 0 Å². The van der Waals surface area contributed by atoms with Crippen molar-refractivity contribution in [2.45, 2.75) is 11.4 Å². The number of halogens is 1. The Morgan fingerprint density at radius 2 is 1.97 bits per heavy atom. The SMILES string of the molecule is O=c1[nH]c(CN2CCN(S(=O)(=O)c3cccc(F)c3)CC2)nc2scc(-c3ccco3)c12. The van der Waals surface area contributed by atoms with Gasteiger partial charge in [-0.3, -0.25) is 9.69 Å². The van der Waals surface area contributed by atoms with Crippen LogP contribution in [-0.4, -0.2) is 53.8 Å². The molecule has 0 atom stereocenters. The Hall–Kier alpha value is -2.86. The number of sulfonamides is 1. The maximum absolute atomic E-state index is 13.5. The number of thiophene rings is 1. The lowest BCUT2D eigenvalue weighted by molar-refractivity contribution is 0.178. The molecule has 1 aliphatic rings. The molecule has 1 fully saturated rings. The standard InChI is InChI=1S/C21H19FN4O4S2/c22-14-3-1-4-15(11-14)32(28,29)26-8-6-25(7-9-26)12-18-23-20(27)19-16(13-31-21(19)24-18)17-5-2-10-30-17/h1-5,10-11,13H,6-9,12H2,(H,23,24,27). The molecule has 0 bridgehead atoms. The molecule has 0 radical (unpaired) electrons. The van der Waals surface area contributed by atoms with Gasteiger partial charge in [0.2, 0.25) is 10.0 Å². The summed E-state index contributed by atoms with van der Waals surface area (Å²) in [4.78, 5) is 22.8. The third-order valence-electron chi connectivity index (χ3n) is 5.42. The van der Waals surface area contributed by atoms with Crippen molar-refractivity contribution in [1.29, 1.82) is 0 Å². The van der Waals surface area contributed by atoms with E-state index in [2.05, 4.69) is 9.97 Å². The summed E-state index contributed by atoms with van der Waals surface area (Å²) in [5, 5.41) is 2.35. The molecular weight excluding hydrogens is 455 g/mol. The normalized spacial score (nSPS) is 16.0. The van der Waals surface area contributed by atoms with Crippen molar-refractivity contribution >= 4 is 31.6 Å². The lowest BCUT2D eigenvalue weighted by Crippen LogP contribution is -2.48. The van der Waals surface area contributed by atoms with Gasteiger partial charge in [-0.1, -0.05) is 6.07 Å². The predicted molar refractivity (Wildman–Crippen MR) is 118 cm³/mol. The van der Waals surface area contributed by atoms with E-state index >= 15 is 0 Å². The molecular formula is C21H19FN4O4S2. The van der Waals surface area contributed by atoms with Crippen LogP contribution in [0.25, 0.3) is 21.5 Å². The van der Waals surface area contributed by atoms with Crippen LogP contribution in [-0.2, 0) is 16.6 Å². The number of hydrogen-bond acceptors (Lipinski definition) is 7. The fourth-order valence-corrected chi connectivity index (χ4v) is 6.20. The lowest BCUT2D eigenvalue weighted by Gasteiger charge is -2.33. The molecule has 0 spiro atoms. The Morgan fingerprint density at radius 1 is 1.16 bits per heavy atom. The predicted octanol–water partition coefficient (Wildman–Crippen LogP) is 2.89. The molecule has 3 aromatic heterocycles. The van der Waals surface area contributed by atoms with Crippen LogP contribution in [0.2, 0.25) is 0 Å². The number of hydrogen-bond donors (Lipinski definition) is 1. The van der Waals surface area contributed by atoms with E-state index in [4.69, 9.17) is 4.42 Å². The number of furan rings is 1. The topological polar surface area (TPSA) is 99.5 Å². The van der Waals surface area contributed by atoms with Gasteiger partial charge in [-0.05, 0) is 30.3 Å². The van der Waals surface area contributed by atoms with E-state index < -0.39 is 15.8 Å². The highest BCUT2D eigenvalue weighted by atomic mass is 32.2. The Labute approximate surface area is 187 Å². The molecule has 4 heterocycles. The van der Waals surface area contributed by atoms with Crippen molar-refractivity contribution in [1.82, 2.24) is 19.2 Å². The molecule has 0 unspecified atom stereocenters. The Bertz CT molecular complexity index is 1420. The van der Waals surface area contributed by atoms with Gasteiger partial charge in [0, 0.05) is 37.1 Å². The quantitative estimate of drug-likeness (QED) is 0.478. The van der Waals surface area contributed by atoms with Crippen LogP contribution in [0.4, 0.5) is 4.39 Å². The molecule has 166 valence electrons. The summed E-state index contributed by atoms with van der Waals surface area (Å²) in [6.07, 6.45) is 1.56. The van der Waals surface area contributed by atoms with Crippen molar-refractivity contribution in [3.05, 3.63) is 70.0 Å². The first-order valence-corrected chi connectivity index (χ1v) is 12.3. The summed E-state index contributed by atoms with van der Waals surface area (Å²) < 4.78 is 45.8. The Kier molecular flexibility index (Phi) is 5.41. The second-order valence-electron chi connectivity index (χ2n) is 7.46. The minimum atomic E-state index is -3.75. The smallest absolute Gasteiger partial charge is 0.260 e. The Morgan fingerprint density at radius 3 is 2.69 bits per heavy atom. The fraction of sp³-hybridized carbons (Fsp3) is 0.238. The third-order valence-corrected chi connectivity index (χ3v) is 8.18. The third kappa shape index (κ3) is 3.88. The number of benzene rings is 1. The van der Waals surface area contributed by atoms with Gasteiger partial charge in [0.1, 0.15) is 22.2 Å². The van der Waals surface area contributed by atoms with E-state index in [9.17, 15) is 17.6 Å². The van der Waals surface area contributed by atoms with Crippen molar-refractivity contribution in [3.63, 3.8) is 0 Å². The van der Waals surface area contributed by atoms with Crippen molar-refractivity contribution in [3.8, 4) is 11.3 Å². The summed E-state index contributed by atoms with van der Waals surface area (Å²) in [6, 6.07) is 8.59. The molecule has 0 aliphatic carbocycles. The van der Waals surface area contributed by atoms with Crippen LogP contribution >= 0.6 is 11.3 Å². The van der Waals surface area contributed by atoms with Gasteiger partial charge in [-0.15, -0.1) is 11.3 Å². The number of nitrogens with zero attached hydrogens (tertiary/aromatic N) is 3. The van der Waals surface area contributed by atoms with Crippen LogP contribution in [0.1, 0.15) is 5.82 Å². The summed E-state index contributed by atoms with van der Waals surface area (Å²) in [5.41, 5.74) is 0.483. The first-order chi connectivity index (χ1) is 15.4. The summed E-state index contributed by atoms with van der Waals surface area (Å²) >= 11 is 1.38. The maximum atomic E-state index is 13.5. The monoisotopic (exact) mass is 474 g/mol. The molecule has 0 saturated carbocycles. The summed E-state index contributed by atoms with van der Waals surface area (Å²) in [7, 11) is -3.75. The average molecular weight is 475 g/mol. The molecule has 1 aliphatic heterocycles. The van der Waals surface area contributed by atoms with E-state index in [0.717, 1.165) is 6.07 Å². The number of aromatic amines is 1. The molecule has 5 rings (SSSR count). The minimum Gasteiger partial charge on any atom is -0.464 e. The second kappa shape index (κ2) is 8.24. The van der Waals surface area contributed by atoms with E-state index in [-0.39, 0.29) is 23.5 Å². The number of H-pyrrole nitrogens is 1. The molecule has 32 heavy (non-hydrogen) atoms. The number of nitrogens with one attached hydrogen (secondary N) is 1. The van der Waals surface area contributed by atoms with Gasteiger partial charge in [0.15, 0.2) is 0 Å². The molecule has 0 amide bonds. The van der Waals surface area contributed by atoms with Gasteiger partial charge in [0.25, 0.3) is 5.56 Å². The van der Waals surface area contributed by atoms with Gasteiger partial charge in [0.05, 0.1) is 23.1 Å². The number of piperazine rings is 1. The number of aromatic nitrogens is 2. The summed E-state index contributed by atoms with van der Waals surface area (Å²) in [5.74, 6) is 0.558. The van der Waals surface area contributed by atoms with E-state index in [0.29, 0.717) is 47.0 Å². The molecule has 4 aromatic rings. The first kappa shape index (κ1) is 21.0. The molecule has 8 nitrogen and oxygen atoms in total. The highest BCUT2D eigenvalue weighted by Crippen LogP contribution is 2.31. The van der Waals surface area contributed by atoms with Gasteiger partial charge in [-0.2, -0.15) is 4.31 Å². The summed E-state index contributed by atoms with van der Waals surface area (Å²) in [6.45, 7) is 1.88. The molecule has 11 heteroatoms. The first-order valence-electron chi connectivity index (χ1n) is 9.94. The highest BCUT2D eigenvalue weighted by Gasteiger charge is 2.29. The van der Waals surface area contributed by atoms with E-state index in [1.54, 1.807) is 18.4 Å². The van der Waals surface area contributed by atoms with Gasteiger partial charge >= 0.3 is 0 Å². The number of rotatable bonds is 5. The largest absolute Gasteiger partial charge is 0.464 e. The zero-order valence-electron chi connectivity index (χ0n) is 16.8. The average Bonchev–Trinajstić information content (AvgIpc) is 3.44. The molecule has 1 N–H and O–H groups in total.